The van der Waals surface area contributed by atoms with Gasteiger partial charge < -0.3 is 5.73 Å². The Morgan fingerprint density at radius 2 is 2.06 bits per heavy atom. The summed E-state index contributed by atoms with van der Waals surface area (Å²) < 4.78 is 0. The Morgan fingerprint density at radius 1 is 1.19 bits per heavy atom. The molecule has 82 valence electrons. The van der Waals surface area contributed by atoms with Crippen molar-refractivity contribution in [3.63, 3.8) is 0 Å². The molecule has 3 nitrogen and oxygen atoms in total. The maximum atomic E-state index is 6.10. The minimum atomic E-state index is 0.587. The molecule has 2 N–H and O–H groups in total. The number of aryl methyl sites for hydroxylation is 2. The SMILES string of the molecule is Nc1nc(C2CC2)nc2sc3c(c12)CCC3. The second-order valence-corrected chi connectivity index (χ2v) is 5.86. The molecule has 2 heterocycles. The van der Waals surface area contributed by atoms with Gasteiger partial charge in [-0.25, -0.2) is 9.97 Å². The van der Waals surface area contributed by atoms with E-state index >= 15 is 0 Å². The Kier molecular flexibility index (Phi) is 1.64. The molecule has 0 radical (unpaired) electrons. The van der Waals surface area contributed by atoms with Crippen molar-refractivity contribution in [3.05, 3.63) is 16.3 Å². The van der Waals surface area contributed by atoms with Crippen LogP contribution in [0.15, 0.2) is 0 Å². The van der Waals surface area contributed by atoms with E-state index in [1.54, 1.807) is 0 Å². The molecule has 0 aliphatic heterocycles. The summed E-state index contributed by atoms with van der Waals surface area (Å²) in [5, 5.41) is 1.15. The number of nitrogens with two attached hydrogens (primary N) is 1. The van der Waals surface area contributed by atoms with Gasteiger partial charge in [0.15, 0.2) is 0 Å². The van der Waals surface area contributed by atoms with E-state index in [1.807, 2.05) is 11.3 Å². The molecule has 1 saturated carbocycles. The van der Waals surface area contributed by atoms with Crippen molar-refractivity contribution >= 4 is 27.4 Å². The number of hydrogen-bond acceptors (Lipinski definition) is 4. The molecule has 2 aromatic rings. The maximum Gasteiger partial charge on any atom is 0.136 e. The Bertz CT molecular complexity index is 583. The fraction of sp³-hybridized carbons (Fsp3) is 0.500. The molecule has 0 spiro atoms. The van der Waals surface area contributed by atoms with E-state index in [0.29, 0.717) is 11.7 Å². The zero-order valence-electron chi connectivity index (χ0n) is 8.99. The molecule has 2 aromatic heterocycles. The third kappa shape index (κ3) is 1.13. The van der Waals surface area contributed by atoms with Crippen LogP contribution in [0.2, 0.25) is 0 Å². The highest BCUT2D eigenvalue weighted by Gasteiger charge is 2.29. The third-order valence-corrected chi connectivity index (χ3v) is 4.74. The number of aromatic nitrogens is 2. The van der Waals surface area contributed by atoms with Crippen LogP contribution in [0.3, 0.4) is 0 Å². The van der Waals surface area contributed by atoms with Gasteiger partial charge in [0.2, 0.25) is 0 Å². The van der Waals surface area contributed by atoms with Crippen molar-refractivity contribution in [2.45, 2.75) is 38.0 Å². The van der Waals surface area contributed by atoms with E-state index in [4.69, 9.17) is 5.73 Å². The zero-order chi connectivity index (χ0) is 10.7. The van der Waals surface area contributed by atoms with Gasteiger partial charge in [0.05, 0.1) is 5.39 Å². The van der Waals surface area contributed by atoms with Crippen LogP contribution in [0.25, 0.3) is 10.2 Å². The van der Waals surface area contributed by atoms with Gasteiger partial charge in [0.25, 0.3) is 0 Å². The molecule has 1 fully saturated rings. The minimum Gasteiger partial charge on any atom is -0.383 e. The van der Waals surface area contributed by atoms with E-state index < -0.39 is 0 Å². The maximum absolute atomic E-state index is 6.10. The normalized spacial score (nSPS) is 19.2. The van der Waals surface area contributed by atoms with Crippen molar-refractivity contribution in [2.75, 3.05) is 5.73 Å². The highest BCUT2D eigenvalue weighted by molar-refractivity contribution is 7.19. The molecule has 2 aliphatic rings. The van der Waals surface area contributed by atoms with Gasteiger partial charge in [0.1, 0.15) is 16.5 Å². The van der Waals surface area contributed by atoms with E-state index in [-0.39, 0.29) is 0 Å². The fourth-order valence-corrected chi connectivity index (χ4v) is 3.84. The van der Waals surface area contributed by atoms with E-state index in [9.17, 15) is 0 Å². The average Bonchev–Trinajstić information content (AvgIpc) is 2.90. The molecular formula is C12H13N3S. The van der Waals surface area contributed by atoms with E-state index in [1.165, 1.54) is 36.1 Å². The lowest BCUT2D eigenvalue weighted by atomic mass is 10.2. The van der Waals surface area contributed by atoms with Gasteiger partial charge in [-0.3, -0.25) is 0 Å². The van der Waals surface area contributed by atoms with Crippen LogP contribution >= 0.6 is 11.3 Å². The van der Waals surface area contributed by atoms with E-state index in [2.05, 4.69) is 9.97 Å². The lowest BCUT2D eigenvalue weighted by Gasteiger charge is -2.01. The molecule has 16 heavy (non-hydrogen) atoms. The van der Waals surface area contributed by atoms with Crippen LogP contribution in [-0.4, -0.2) is 9.97 Å². The molecule has 0 saturated heterocycles. The zero-order valence-corrected chi connectivity index (χ0v) is 9.81. The Morgan fingerprint density at radius 3 is 2.88 bits per heavy atom. The molecule has 4 heteroatoms. The summed E-state index contributed by atoms with van der Waals surface area (Å²) in [7, 11) is 0. The predicted octanol–water partition coefficient (Wildman–Crippen LogP) is 2.64. The molecule has 2 aliphatic carbocycles. The molecular weight excluding hydrogens is 218 g/mol. The largest absolute Gasteiger partial charge is 0.383 e. The first kappa shape index (κ1) is 8.93. The topological polar surface area (TPSA) is 51.8 Å². The number of nitrogens with zero attached hydrogens (tertiary/aromatic N) is 2. The second kappa shape index (κ2) is 2.94. The fourth-order valence-electron chi connectivity index (χ4n) is 2.57. The average molecular weight is 231 g/mol. The summed E-state index contributed by atoms with van der Waals surface area (Å²) in [6, 6.07) is 0. The van der Waals surface area contributed by atoms with Gasteiger partial charge >= 0.3 is 0 Å². The van der Waals surface area contributed by atoms with Crippen LogP contribution in [-0.2, 0) is 12.8 Å². The van der Waals surface area contributed by atoms with Crippen LogP contribution in [0.5, 0.6) is 0 Å². The Hall–Kier alpha value is -1.16. The highest BCUT2D eigenvalue weighted by Crippen LogP contribution is 2.42. The van der Waals surface area contributed by atoms with Gasteiger partial charge in [-0.05, 0) is 37.7 Å². The first-order valence-electron chi connectivity index (χ1n) is 5.90. The lowest BCUT2D eigenvalue weighted by molar-refractivity contribution is 0.915. The second-order valence-electron chi connectivity index (χ2n) is 4.78. The Labute approximate surface area is 97.7 Å². The predicted molar refractivity (Wildman–Crippen MR) is 65.8 cm³/mol. The number of thiophene rings is 1. The van der Waals surface area contributed by atoms with Crippen LogP contribution < -0.4 is 5.73 Å². The third-order valence-electron chi connectivity index (χ3n) is 3.55. The van der Waals surface area contributed by atoms with Crippen LogP contribution in [0, 0.1) is 0 Å². The summed E-state index contributed by atoms with van der Waals surface area (Å²) in [5.74, 6) is 2.28. The number of rotatable bonds is 1. The highest BCUT2D eigenvalue weighted by atomic mass is 32.1. The van der Waals surface area contributed by atoms with E-state index in [0.717, 1.165) is 22.5 Å². The van der Waals surface area contributed by atoms with Crippen LogP contribution in [0.1, 0.15) is 41.4 Å². The van der Waals surface area contributed by atoms with Gasteiger partial charge in [-0.1, -0.05) is 0 Å². The number of anilines is 1. The van der Waals surface area contributed by atoms with Crippen LogP contribution in [0.4, 0.5) is 5.82 Å². The number of fused-ring (bicyclic) bond motifs is 3. The quantitative estimate of drug-likeness (QED) is 0.820. The molecule has 0 atom stereocenters. The smallest absolute Gasteiger partial charge is 0.136 e. The number of nitrogen functional groups attached to an aromatic ring is 1. The molecule has 0 unspecified atom stereocenters. The molecule has 0 amide bonds. The number of hydrogen-bond donors (Lipinski definition) is 1. The minimum absolute atomic E-state index is 0.587. The summed E-state index contributed by atoms with van der Waals surface area (Å²) in [6.45, 7) is 0. The van der Waals surface area contributed by atoms with Crippen molar-refractivity contribution < 1.29 is 0 Å². The van der Waals surface area contributed by atoms with Crippen molar-refractivity contribution in [1.29, 1.82) is 0 Å². The van der Waals surface area contributed by atoms with Crippen molar-refractivity contribution in [1.82, 2.24) is 9.97 Å². The summed E-state index contributed by atoms with van der Waals surface area (Å²) in [4.78, 5) is 11.8. The van der Waals surface area contributed by atoms with Crippen molar-refractivity contribution in [3.8, 4) is 0 Å². The first-order chi connectivity index (χ1) is 7.83. The van der Waals surface area contributed by atoms with Crippen molar-refractivity contribution in [2.24, 2.45) is 0 Å². The molecule has 0 bridgehead atoms. The summed E-state index contributed by atoms with van der Waals surface area (Å²) in [5.41, 5.74) is 7.53. The van der Waals surface area contributed by atoms with Gasteiger partial charge in [0, 0.05) is 10.8 Å². The van der Waals surface area contributed by atoms with Gasteiger partial charge in [-0.2, -0.15) is 0 Å². The lowest BCUT2D eigenvalue weighted by Crippen LogP contribution is -1.99. The Balaban J connectivity index is 2.01. The standard InChI is InChI=1S/C12H13N3S/c13-10-9-7-2-1-3-8(7)16-12(9)15-11(14-10)6-4-5-6/h6H,1-5H2,(H2,13,14,15). The summed E-state index contributed by atoms with van der Waals surface area (Å²) in [6.07, 6.45) is 6.09. The molecule has 4 rings (SSSR count). The first-order valence-corrected chi connectivity index (χ1v) is 6.72. The van der Waals surface area contributed by atoms with Gasteiger partial charge in [-0.15, -0.1) is 11.3 Å². The summed E-state index contributed by atoms with van der Waals surface area (Å²) >= 11 is 1.83. The monoisotopic (exact) mass is 231 g/mol. The molecule has 0 aromatic carbocycles.